The van der Waals surface area contributed by atoms with Crippen LogP contribution in [0.5, 0.6) is 0 Å². The summed E-state index contributed by atoms with van der Waals surface area (Å²) in [6.07, 6.45) is 0. The monoisotopic (exact) mass is 306 g/mol. The average Bonchev–Trinajstić information content (AvgIpc) is 2.75. The number of rotatable bonds is 5. The molecule has 0 saturated carbocycles. The Morgan fingerprint density at radius 2 is 1.90 bits per heavy atom. The first kappa shape index (κ1) is 15.2. The van der Waals surface area contributed by atoms with Crippen molar-refractivity contribution in [3.8, 4) is 0 Å². The van der Waals surface area contributed by atoms with Gasteiger partial charge in [0.05, 0.1) is 22.9 Å². The van der Waals surface area contributed by atoms with Crippen LogP contribution in [0.15, 0.2) is 35.2 Å². The number of nitrogens with two attached hydrogens (primary N) is 1. The largest absolute Gasteiger partial charge is 0.384 e. The molecule has 0 aliphatic heterocycles. The molecule has 0 amide bonds. The van der Waals surface area contributed by atoms with Gasteiger partial charge in [0.2, 0.25) is 0 Å². The Hall–Kier alpha value is -2.15. The number of nitrogens with one attached hydrogen (secondary N) is 1. The van der Waals surface area contributed by atoms with Crippen LogP contribution in [0.4, 0.5) is 0 Å². The first-order chi connectivity index (χ1) is 9.79. The van der Waals surface area contributed by atoms with Crippen molar-refractivity contribution in [2.75, 3.05) is 5.75 Å². The van der Waals surface area contributed by atoms with E-state index in [-0.39, 0.29) is 16.5 Å². The van der Waals surface area contributed by atoms with Crippen LogP contribution in [0.25, 0.3) is 0 Å². The van der Waals surface area contributed by atoms with Crippen LogP contribution in [0.3, 0.4) is 0 Å². The molecule has 0 spiro atoms. The fourth-order valence-corrected chi connectivity index (χ4v) is 3.27. The highest BCUT2D eigenvalue weighted by Crippen LogP contribution is 2.13. The normalized spacial score (nSPS) is 11.5. The molecule has 2 rings (SSSR count). The van der Waals surface area contributed by atoms with E-state index in [1.165, 1.54) is 12.1 Å². The highest BCUT2D eigenvalue weighted by atomic mass is 32.2. The average molecular weight is 306 g/mol. The maximum Gasteiger partial charge on any atom is 0.180 e. The molecule has 0 aliphatic carbocycles. The molecule has 112 valence electrons. The van der Waals surface area contributed by atoms with Crippen molar-refractivity contribution in [2.45, 2.75) is 25.3 Å². The second-order valence-electron chi connectivity index (χ2n) is 4.91. The Balaban J connectivity index is 2.14. The van der Waals surface area contributed by atoms with Gasteiger partial charge < -0.3 is 5.73 Å². The van der Waals surface area contributed by atoms with E-state index in [2.05, 4.69) is 5.10 Å². The van der Waals surface area contributed by atoms with Gasteiger partial charge in [-0.2, -0.15) is 5.10 Å². The molecular formula is C14H18N4O2S. The van der Waals surface area contributed by atoms with Gasteiger partial charge in [0.25, 0.3) is 0 Å². The van der Waals surface area contributed by atoms with Crippen LogP contribution in [0.2, 0.25) is 0 Å². The van der Waals surface area contributed by atoms with E-state index in [1.54, 1.807) is 16.8 Å². The molecule has 0 radical (unpaired) electrons. The third-order valence-electron chi connectivity index (χ3n) is 3.20. The SMILES string of the molecule is Cc1cc(C)n(CCS(=O)(=O)c2ccc(C(=N)N)cc2)n1. The Morgan fingerprint density at radius 3 is 2.38 bits per heavy atom. The van der Waals surface area contributed by atoms with E-state index in [1.807, 2.05) is 19.9 Å². The zero-order valence-corrected chi connectivity index (χ0v) is 12.8. The number of nitrogens with zero attached hydrogens (tertiary/aromatic N) is 2. The molecule has 1 aromatic carbocycles. The molecule has 0 fully saturated rings. The van der Waals surface area contributed by atoms with Gasteiger partial charge in [0.1, 0.15) is 5.84 Å². The van der Waals surface area contributed by atoms with Crippen LogP contribution in [-0.2, 0) is 16.4 Å². The molecule has 0 bridgehead atoms. The van der Waals surface area contributed by atoms with Gasteiger partial charge in [-0.1, -0.05) is 12.1 Å². The summed E-state index contributed by atoms with van der Waals surface area (Å²) in [5, 5.41) is 11.5. The highest BCUT2D eigenvalue weighted by Gasteiger charge is 2.15. The van der Waals surface area contributed by atoms with Gasteiger partial charge in [-0.05, 0) is 32.0 Å². The van der Waals surface area contributed by atoms with Crippen LogP contribution in [0, 0.1) is 19.3 Å². The fraction of sp³-hybridized carbons (Fsp3) is 0.286. The summed E-state index contributed by atoms with van der Waals surface area (Å²) in [6.45, 7) is 4.09. The maximum atomic E-state index is 12.3. The minimum absolute atomic E-state index is 0.0195. The summed E-state index contributed by atoms with van der Waals surface area (Å²) in [6, 6.07) is 7.95. The van der Waals surface area contributed by atoms with E-state index in [4.69, 9.17) is 11.1 Å². The number of hydrogen-bond donors (Lipinski definition) is 2. The molecule has 2 aromatic rings. The van der Waals surface area contributed by atoms with Gasteiger partial charge in [0, 0.05) is 11.3 Å². The third kappa shape index (κ3) is 3.49. The second-order valence-corrected chi connectivity index (χ2v) is 7.02. The number of benzene rings is 1. The molecule has 6 nitrogen and oxygen atoms in total. The first-order valence-electron chi connectivity index (χ1n) is 6.48. The molecule has 1 aromatic heterocycles. The quantitative estimate of drug-likeness (QED) is 0.641. The predicted octanol–water partition coefficient (Wildman–Crippen LogP) is 1.26. The molecule has 0 unspecified atom stereocenters. The lowest BCUT2D eigenvalue weighted by molar-refractivity contribution is 0.576. The van der Waals surface area contributed by atoms with Gasteiger partial charge in [-0.25, -0.2) is 8.42 Å². The molecule has 7 heteroatoms. The highest BCUT2D eigenvalue weighted by molar-refractivity contribution is 7.91. The van der Waals surface area contributed by atoms with Crippen LogP contribution >= 0.6 is 0 Å². The summed E-state index contributed by atoms with van der Waals surface area (Å²) >= 11 is 0. The molecule has 0 saturated heterocycles. The van der Waals surface area contributed by atoms with Crippen molar-refractivity contribution < 1.29 is 8.42 Å². The number of sulfone groups is 1. The number of nitrogen functional groups attached to an aromatic ring is 1. The Labute approximate surface area is 124 Å². The summed E-state index contributed by atoms with van der Waals surface area (Å²) in [5.41, 5.74) is 7.67. The summed E-state index contributed by atoms with van der Waals surface area (Å²) in [4.78, 5) is 0.231. The molecular weight excluding hydrogens is 288 g/mol. The maximum absolute atomic E-state index is 12.3. The number of amidine groups is 1. The minimum Gasteiger partial charge on any atom is -0.384 e. The van der Waals surface area contributed by atoms with Gasteiger partial charge in [-0.3, -0.25) is 10.1 Å². The molecule has 21 heavy (non-hydrogen) atoms. The van der Waals surface area contributed by atoms with Crippen molar-refractivity contribution >= 4 is 15.7 Å². The van der Waals surface area contributed by atoms with Gasteiger partial charge in [0.15, 0.2) is 9.84 Å². The Kier molecular flexibility index (Phi) is 4.13. The number of aromatic nitrogens is 2. The molecule has 1 heterocycles. The summed E-state index contributed by atoms with van der Waals surface area (Å²) in [7, 11) is -3.38. The van der Waals surface area contributed by atoms with Gasteiger partial charge >= 0.3 is 0 Å². The van der Waals surface area contributed by atoms with Crippen LogP contribution < -0.4 is 5.73 Å². The number of hydrogen-bond acceptors (Lipinski definition) is 4. The van der Waals surface area contributed by atoms with Crippen LogP contribution in [0.1, 0.15) is 17.0 Å². The molecule has 3 N–H and O–H groups in total. The Morgan fingerprint density at radius 1 is 1.29 bits per heavy atom. The summed E-state index contributed by atoms with van der Waals surface area (Å²) in [5.74, 6) is -0.101. The van der Waals surface area contributed by atoms with Crippen molar-refractivity contribution in [3.63, 3.8) is 0 Å². The lowest BCUT2D eigenvalue weighted by atomic mass is 10.2. The zero-order chi connectivity index (χ0) is 15.6. The van der Waals surface area contributed by atoms with Crippen molar-refractivity contribution in [2.24, 2.45) is 5.73 Å². The predicted molar refractivity (Wildman–Crippen MR) is 81.2 cm³/mol. The van der Waals surface area contributed by atoms with Crippen molar-refractivity contribution in [1.82, 2.24) is 9.78 Å². The van der Waals surface area contributed by atoms with Crippen molar-refractivity contribution in [3.05, 3.63) is 47.3 Å². The van der Waals surface area contributed by atoms with E-state index in [0.717, 1.165) is 11.4 Å². The Bertz CT molecular complexity index is 761. The van der Waals surface area contributed by atoms with E-state index >= 15 is 0 Å². The van der Waals surface area contributed by atoms with E-state index in [0.29, 0.717) is 12.1 Å². The summed E-state index contributed by atoms with van der Waals surface area (Å²) < 4.78 is 26.2. The van der Waals surface area contributed by atoms with Crippen molar-refractivity contribution in [1.29, 1.82) is 5.41 Å². The van der Waals surface area contributed by atoms with E-state index in [9.17, 15) is 8.42 Å². The van der Waals surface area contributed by atoms with Gasteiger partial charge in [-0.15, -0.1) is 0 Å². The standard InChI is InChI=1S/C14H18N4O2S/c1-10-9-11(2)18(17-10)7-8-21(19,20)13-5-3-12(4-6-13)14(15)16/h3-6,9H,7-8H2,1-2H3,(H3,15,16). The topological polar surface area (TPSA) is 102 Å². The molecule has 0 aliphatic rings. The van der Waals surface area contributed by atoms with Crippen LogP contribution in [-0.4, -0.2) is 29.8 Å². The lowest BCUT2D eigenvalue weighted by Gasteiger charge is -2.07. The fourth-order valence-electron chi connectivity index (χ4n) is 2.07. The minimum atomic E-state index is -3.38. The third-order valence-corrected chi connectivity index (χ3v) is 4.91. The smallest absolute Gasteiger partial charge is 0.180 e. The second kappa shape index (κ2) is 5.69. The number of aryl methyl sites for hydroxylation is 3. The first-order valence-corrected chi connectivity index (χ1v) is 8.13. The molecule has 0 atom stereocenters. The zero-order valence-electron chi connectivity index (χ0n) is 12.0. The lowest BCUT2D eigenvalue weighted by Crippen LogP contribution is -2.16. The van der Waals surface area contributed by atoms with E-state index < -0.39 is 9.84 Å².